The minimum atomic E-state index is -1.96. The zero-order chi connectivity index (χ0) is 27.4. The van der Waals surface area contributed by atoms with Crippen LogP contribution < -0.4 is 14.2 Å². The standard InChI is InChI=1S/C26H25FN6O4S/c1-15-10-18(14-29-13-15)25-30-31-26(33(25)23-21(36-3)6-5-7-22(23)37-4)32-38(35)16(2)24(34)19-9-8-17(12-28)11-20(19)27/h5-11,13-14,16,24,34H,1-4H3,(H,31,32)/t16-,24+,38?/m0/s1. The molecule has 4 aromatic rings. The number of aromatic nitrogens is 4. The first-order chi connectivity index (χ1) is 18.3. The molecule has 3 atom stereocenters. The molecule has 1 unspecified atom stereocenters. The fourth-order valence-corrected chi connectivity index (χ4v) is 4.75. The zero-order valence-electron chi connectivity index (χ0n) is 21.0. The zero-order valence-corrected chi connectivity index (χ0v) is 21.9. The number of ether oxygens (including phenoxy) is 2. The van der Waals surface area contributed by atoms with E-state index < -0.39 is 28.2 Å². The summed E-state index contributed by atoms with van der Waals surface area (Å²) in [5.74, 6) is 0.550. The number of nitriles is 1. The number of hydrogen-bond acceptors (Lipinski definition) is 8. The predicted octanol–water partition coefficient (Wildman–Crippen LogP) is 3.86. The lowest BCUT2D eigenvalue weighted by atomic mass is 10.0. The van der Waals surface area contributed by atoms with Crippen LogP contribution in [0.15, 0.2) is 54.9 Å². The highest BCUT2D eigenvalue weighted by atomic mass is 32.2. The summed E-state index contributed by atoms with van der Waals surface area (Å²) in [4.78, 5) is 4.24. The third kappa shape index (κ3) is 5.20. The van der Waals surface area contributed by atoms with Gasteiger partial charge in [-0.15, -0.1) is 10.2 Å². The van der Waals surface area contributed by atoms with E-state index in [4.69, 9.17) is 14.7 Å². The fraction of sp³-hybridized carbons (Fsp3) is 0.231. The van der Waals surface area contributed by atoms with E-state index in [9.17, 15) is 13.7 Å². The lowest BCUT2D eigenvalue weighted by molar-refractivity contribution is 0.173. The van der Waals surface area contributed by atoms with E-state index in [1.54, 1.807) is 35.2 Å². The van der Waals surface area contributed by atoms with Crippen LogP contribution in [0.25, 0.3) is 17.1 Å². The SMILES string of the molecule is COc1cccc(OC)c1-n1c(NS(=O)[C@@H](C)[C@@H](O)c2ccc(C#N)cc2F)nnc1-c1cncc(C)c1. The average molecular weight is 537 g/mol. The number of nitrogens with zero attached hydrogens (tertiary/aromatic N) is 5. The molecule has 0 radical (unpaired) electrons. The van der Waals surface area contributed by atoms with Crippen molar-refractivity contribution >= 4 is 16.9 Å². The molecule has 0 saturated heterocycles. The number of nitrogens with one attached hydrogen (secondary N) is 1. The summed E-state index contributed by atoms with van der Waals surface area (Å²) < 4.78 is 43.4. The molecule has 38 heavy (non-hydrogen) atoms. The summed E-state index contributed by atoms with van der Waals surface area (Å²) in [6.07, 6.45) is 1.89. The number of benzene rings is 2. The van der Waals surface area contributed by atoms with Crippen LogP contribution in [0.3, 0.4) is 0 Å². The van der Waals surface area contributed by atoms with Gasteiger partial charge in [-0.25, -0.2) is 8.60 Å². The number of aliphatic hydroxyl groups is 1. The van der Waals surface area contributed by atoms with Crippen LogP contribution in [0.2, 0.25) is 0 Å². The second-order valence-corrected chi connectivity index (χ2v) is 9.88. The Kier molecular flexibility index (Phi) is 7.99. The average Bonchev–Trinajstić information content (AvgIpc) is 3.34. The number of anilines is 1. The smallest absolute Gasteiger partial charge is 0.241 e. The molecule has 0 aliphatic heterocycles. The number of hydrogen-bond donors (Lipinski definition) is 2. The van der Waals surface area contributed by atoms with Crippen molar-refractivity contribution in [3.8, 4) is 34.6 Å². The lowest BCUT2D eigenvalue weighted by Gasteiger charge is -2.21. The number of pyridine rings is 1. The van der Waals surface area contributed by atoms with Crippen molar-refractivity contribution in [3.63, 3.8) is 0 Å². The molecule has 2 N–H and O–H groups in total. The van der Waals surface area contributed by atoms with Crippen LogP contribution in [-0.2, 0) is 11.0 Å². The molecule has 196 valence electrons. The van der Waals surface area contributed by atoms with Crippen LogP contribution in [-0.4, -0.2) is 48.5 Å². The van der Waals surface area contributed by atoms with Gasteiger partial charge in [0.15, 0.2) is 5.82 Å². The fourth-order valence-electron chi connectivity index (χ4n) is 3.87. The van der Waals surface area contributed by atoms with E-state index in [-0.39, 0.29) is 17.1 Å². The van der Waals surface area contributed by atoms with Crippen molar-refractivity contribution < 1.29 is 23.2 Å². The Balaban J connectivity index is 1.77. The van der Waals surface area contributed by atoms with Crippen LogP contribution in [0, 0.1) is 24.1 Å². The van der Waals surface area contributed by atoms with Crippen LogP contribution in [0.4, 0.5) is 10.3 Å². The highest BCUT2D eigenvalue weighted by molar-refractivity contribution is 7.87. The van der Waals surface area contributed by atoms with E-state index in [1.165, 1.54) is 33.3 Å². The second kappa shape index (κ2) is 11.4. The molecule has 2 heterocycles. The molecule has 0 aliphatic rings. The largest absolute Gasteiger partial charge is 0.494 e. The van der Waals surface area contributed by atoms with E-state index in [2.05, 4.69) is 19.9 Å². The molecular formula is C26H25FN6O4S. The Morgan fingerprint density at radius 3 is 2.45 bits per heavy atom. The van der Waals surface area contributed by atoms with Crippen molar-refractivity contribution in [2.45, 2.75) is 25.2 Å². The number of methoxy groups -OCH3 is 2. The first-order valence-electron chi connectivity index (χ1n) is 11.4. The van der Waals surface area contributed by atoms with Crippen LogP contribution >= 0.6 is 0 Å². The van der Waals surface area contributed by atoms with Crippen molar-refractivity contribution in [1.82, 2.24) is 19.7 Å². The Morgan fingerprint density at radius 2 is 1.84 bits per heavy atom. The minimum Gasteiger partial charge on any atom is -0.494 e. The topological polar surface area (TPSA) is 135 Å². The summed E-state index contributed by atoms with van der Waals surface area (Å²) in [5.41, 5.74) is 2.01. The van der Waals surface area contributed by atoms with Crippen molar-refractivity contribution in [2.24, 2.45) is 0 Å². The maximum atomic E-state index is 14.5. The second-order valence-electron chi connectivity index (χ2n) is 8.34. The van der Waals surface area contributed by atoms with Gasteiger partial charge in [-0.05, 0) is 49.7 Å². The highest BCUT2D eigenvalue weighted by Crippen LogP contribution is 2.38. The highest BCUT2D eigenvalue weighted by Gasteiger charge is 2.28. The predicted molar refractivity (Wildman–Crippen MR) is 140 cm³/mol. The third-order valence-corrected chi connectivity index (χ3v) is 7.16. The van der Waals surface area contributed by atoms with E-state index in [0.717, 1.165) is 11.6 Å². The Labute approximate surface area is 221 Å². The normalized spacial score (nSPS) is 13.3. The van der Waals surface area contributed by atoms with Gasteiger partial charge < -0.3 is 14.6 Å². The van der Waals surface area contributed by atoms with Gasteiger partial charge in [0.2, 0.25) is 5.95 Å². The molecule has 2 aromatic carbocycles. The van der Waals surface area contributed by atoms with Gasteiger partial charge in [-0.3, -0.25) is 14.3 Å². The summed E-state index contributed by atoms with van der Waals surface area (Å²) in [6, 6.07) is 12.6. The molecule has 4 rings (SSSR count). The number of rotatable bonds is 9. The first kappa shape index (κ1) is 26.7. The third-order valence-electron chi connectivity index (χ3n) is 5.84. The summed E-state index contributed by atoms with van der Waals surface area (Å²) in [7, 11) is 1.05. The molecule has 12 heteroatoms. The van der Waals surface area contributed by atoms with Gasteiger partial charge in [0.1, 0.15) is 34.0 Å². The van der Waals surface area contributed by atoms with Gasteiger partial charge in [0.25, 0.3) is 0 Å². The number of halogens is 1. The molecule has 2 aromatic heterocycles. The molecular weight excluding hydrogens is 511 g/mol. The summed E-state index contributed by atoms with van der Waals surface area (Å²) in [5, 5.41) is 27.3. The van der Waals surface area contributed by atoms with E-state index >= 15 is 0 Å². The lowest BCUT2D eigenvalue weighted by Crippen LogP contribution is -2.27. The van der Waals surface area contributed by atoms with Gasteiger partial charge in [0, 0.05) is 23.5 Å². The molecule has 10 nitrogen and oxygen atoms in total. The first-order valence-corrected chi connectivity index (χ1v) is 12.6. The molecule has 0 spiro atoms. The maximum absolute atomic E-state index is 14.5. The van der Waals surface area contributed by atoms with Gasteiger partial charge in [0.05, 0.1) is 37.2 Å². The summed E-state index contributed by atoms with van der Waals surface area (Å²) >= 11 is 0. The Bertz CT molecular complexity index is 1510. The van der Waals surface area contributed by atoms with Crippen LogP contribution in [0.5, 0.6) is 11.5 Å². The van der Waals surface area contributed by atoms with Gasteiger partial charge in [-0.1, -0.05) is 12.1 Å². The minimum absolute atomic E-state index is 0.0713. The van der Waals surface area contributed by atoms with Gasteiger partial charge in [-0.2, -0.15) is 5.26 Å². The van der Waals surface area contributed by atoms with Crippen LogP contribution in [0.1, 0.15) is 29.7 Å². The van der Waals surface area contributed by atoms with E-state index in [1.807, 2.05) is 19.1 Å². The molecule has 0 aliphatic carbocycles. The molecule has 0 fully saturated rings. The molecule has 0 saturated carbocycles. The van der Waals surface area contributed by atoms with Crippen molar-refractivity contribution in [3.05, 3.63) is 77.4 Å². The Hall–Kier alpha value is -4.34. The number of aliphatic hydroxyl groups excluding tert-OH is 1. The maximum Gasteiger partial charge on any atom is 0.241 e. The number of para-hydroxylation sites is 1. The Morgan fingerprint density at radius 1 is 1.13 bits per heavy atom. The summed E-state index contributed by atoms with van der Waals surface area (Å²) in [6.45, 7) is 3.39. The van der Waals surface area contributed by atoms with Gasteiger partial charge >= 0.3 is 0 Å². The van der Waals surface area contributed by atoms with Crippen molar-refractivity contribution in [2.75, 3.05) is 18.9 Å². The monoisotopic (exact) mass is 536 g/mol. The van der Waals surface area contributed by atoms with Crippen molar-refractivity contribution in [1.29, 1.82) is 5.26 Å². The molecule has 0 amide bonds. The van der Waals surface area contributed by atoms with E-state index in [0.29, 0.717) is 28.6 Å². The quantitative estimate of drug-likeness (QED) is 0.329. The number of aryl methyl sites for hydroxylation is 1. The molecule has 0 bridgehead atoms.